The predicted molar refractivity (Wildman–Crippen MR) is 124 cm³/mol. The van der Waals surface area contributed by atoms with Crippen molar-refractivity contribution in [1.29, 1.82) is 0 Å². The van der Waals surface area contributed by atoms with Gasteiger partial charge >= 0.3 is 0 Å². The summed E-state index contributed by atoms with van der Waals surface area (Å²) in [6.45, 7) is 9.16. The molecule has 5 rings (SSSR count). The summed E-state index contributed by atoms with van der Waals surface area (Å²) in [6, 6.07) is 15.9. The van der Waals surface area contributed by atoms with E-state index in [9.17, 15) is 0 Å². The summed E-state index contributed by atoms with van der Waals surface area (Å²) < 4.78 is 0. The van der Waals surface area contributed by atoms with Crippen LogP contribution in [-0.4, -0.2) is 68.1 Å². The fourth-order valence-electron chi connectivity index (χ4n) is 4.09. The Morgan fingerprint density at radius 2 is 1.85 bits per heavy atom. The zero-order valence-corrected chi connectivity index (χ0v) is 18.5. The fraction of sp³-hybridized carbons (Fsp3) is 0.476. The van der Waals surface area contributed by atoms with Gasteiger partial charge in [0, 0.05) is 52.4 Å². The number of guanidine groups is 1. The van der Waals surface area contributed by atoms with E-state index in [1.165, 1.54) is 49.1 Å². The molecule has 27 heavy (non-hydrogen) atoms. The topological polar surface area (TPSA) is 42.9 Å². The summed E-state index contributed by atoms with van der Waals surface area (Å²) in [7, 11) is 1.85. The first-order chi connectivity index (χ1) is 12.7. The highest BCUT2D eigenvalue weighted by molar-refractivity contribution is 14.0. The van der Waals surface area contributed by atoms with Crippen molar-refractivity contribution in [2.75, 3.05) is 46.3 Å². The van der Waals surface area contributed by atoms with Gasteiger partial charge in [-0.2, -0.15) is 0 Å². The van der Waals surface area contributed by atoms with E-state index < -0.39 is 0 Å². The van der Waals surface area contributed by atoms with Crippen LogP contribution in [0.1, 0.15) is 18.5 Å². The molecule has 3 fully saturated rings. The minimum Gasteiger partial charge on any atom is -0.355 e. The monoisotopic (exact) mass is 479 g/mol. The van der Waals surface area contributed by atoms with E-state index in [2.05, 4.69) is 74.8 Å². The Labute approximate surface area is 179 Å². The zero-order chi connectivity index (χ0) is 17.9. The van der Waals surface area contributed by atoms with Crippen molar-refractivity contribution in [2.45, 2.75) is 19.0 Å². The van der Waals surface area contributed by atoms with Gasteiger partial charge in [-0.15, -0.1) is 24.0 Å². The standard InChI is InChI=1S/C21H29N5.HI/c1-16(18-8-7-17-5-3-4-6-19(17)13-18)24-21(22-2)23-14-20-15-25-9-11-26(20)12-10-25;/h3-8,13,16,20H,9-12,14-15H2,1-2H3,(H2,22,23,24);1H. The number of hydrogen-bond donors (Lipinski definition) is 2. The van der Waals surface area contributed by atoms with Gasteiger partial charge in [0.1, 0.15) is 0 Å². The van der Waals surface area contributed by atoms with E-state index in [-0.39, 0.29) is 30.0 Å². The quantitative estimate of drug-likeness (QED) is 0.402. The first-order valence-corrected chi connectivity index (χ1v) is 9.65. The molecule has 0 amide bonds. The van der Waals surface area contributed by atoms with Crippen LogP contribution in [0.3, 0.4) is 0 Å². The van der Waals surface area contributed by atoms with Crippen LogP contribution in [0.4, 0.5) is 0 Å². The van der Waals surface area contributed by atoms with Gasteiger partial charge in [0.25, 0.3) is 0 Å². The largest absolute Gasteiger partial charge is 0.355 e. The Morgan fingerprint density at radius 1 is 1.11 bits per heavy atom. The molecule has 2 bridgehead atoms. The molecule has 2 aromatic rings. The van der Waals surface area contributed by atoms with Crippen LogP contribution < -0.4 is 10.6 Å². The van der Waals surface area contributed by atoms with Crippen LogP contribution in [0.25, 0.3) is 10.8 Å². The van der Waals surface area contributed by atoms with Gasteiger partial charge in [-0.3, -0.25) is 14.8 Å². The third-order valence-electron chi connectivity index (χ3n) is 5.75. The highest BCUT2D eigenvalue weighted by Crippen LogP contribution is 2.20. The van der Waals surface area contributed by atoms with Crippen LogP contribution in [0.5, 0.6) is 0 Å². The van der Waals surface area contributed by atoms with Crippen molar-refractivity contribution >= 4 is 40.7 Å². The lowest BCUT2D eigenvalue weighted by molar-refractivity contribution is 0.0154. The molecule has 0 aromatic heterocycles. The number of halogens is 1. The molecule has 2 N–H and O–H groups in total. The number of aliphatic imine (C=N–C) groups is 1. The zero-order valence-electron chi connectivity index (χ0n) is 16.2. The lowest BCUT2D eigenvalue weighted by Crippen LogP contribution is -2.63. The smallest absolute Gasteiger partial charge is 0.191 e. The van der Waals surface area contributed by atoms with Gasteiger partial charge in [0.15, 0.2) is 5.96 Å². The van der Waals surface area contributed by atoms with Crippen molar-refractivity contribution in [1.82, 2.24) is 20.4 Å². The van der Waals surface area contributed by atoms with Gasteiger partial charge in [-0.1, -0.05) is 36.4 Å². The predicted octanol–water partition coefficient (Wildman–Crippen LogP) is 2.68. The molecule has 0 radical (unpaired) electrons. The number of rotatable bonds is 4. The van der Waals surface area contributed by atoms with Gasteiger partial charge in [-0.05, 0) is 29.3 Å². The fourth-order valence-corrected chi connectivity index (χ4v) is 4.09. The molecule has 2 unspecified atom stereocenters. The average molecular weight is 479 g/mol. The molecule has 0 saturated carbocycles. The molecule has 3 heterocycles. The first kappa shape index (κ1) is 20.4. The third-order valence-corrected chi connectivity index (χ3v) is 5.75. The molecule has 6 heteroatoms. The van der Waals surface area contributed by atoms with Gasteiger partial charge < -0.3 is 10.6 Å². The first-order valence-electron chi connectivity index (χ1n) is 9.65. The van der Waals surface area contributed by atoms with Crippen molar-refractivity contribution < 1.29 is 0 Å². The lowest BCUT2D eigenvalue weighted by Gasteiger charge is -2.47. The molecule has 0 spiro atoms. The minimum atomic E-state index is 0. The van der Waals surface area contributed by atoms with Crippen LogP contribution in [0, 0.1) is 0 Å². The average Bonchev–Trinajstić information content (AvgIpc) is 2.71. The Hall–Kier alpha value is -1.38. The van der Waals surface area contributed by atoms with Crippen LogP contribution in [0.15, 0.2) is 47.5 Å². The second-order valence-electron chi connectivity index (χ2n) is 7.42. The number of hydrogen-bond acceptors (Lipinski definition) is 3. The molecular weight excluding hydrogens is 449 g/mol. The maximum absolute atomic E-state index is 4.42. The highest BCUT2D eigenvalue weighted by atomic mass is 127. The number of benzene rings is 2. The molecule has 3 aliphatic rings. The normalized spacial score (nSPS) is 25.7. The third kappa shape index (κ3) is 4.73. The Balaban J connectivity index is 0.00000210. The maximum atomic E-state index is 4.42. The minimum absolute atomic E-state index is 0. The van der Waals surface area contributed by atoms with Gasteiger partial charge in [-0.25, -0.2) is 0 Å². The van der Waals surface area contributed by atoms with Crippen LogP contribution in [0.2, 0.25) is 0 Å². The number of nitrogens with zero attached hydrogens (tertiary/aromatic N) is 3. The van der Waals surface area contributed by atoms with Crippen molar-refractivity contribution in [3.05, 3.63) is 48.0 Å². The molecule has 2 atom stereocenters. The second-order valence-corrected chi connectivity index (χ2v) is 7.42. The number of piperazine rings is 3. The van der Waals surface area contributed by atoms with Crippen molar-refractivity contribution in [2.24, 2.45) is 4.99 Å². The van der Waals surface area contributed by atoms with Gasteiger partial charge in [0.2, 0.25) is 0 Å². The Kier molecular flexibility index (Phi) is 6.94. The number of fused-ring (bicyclic) bond motifs is 4. The van der Waals surface area contributed by atoms with E-state index in [1.807, 2.05) is 7.05 Å². The molecule has 3 aliphatic heterocycles. The summed E-state index contributed by atoms with van der Waals surface area (Å²) in [4.78, 5) is 9.60. The summed E-state index contributed by atoms with van der Waals surface area (Å²) >= 11 is 0. The molecule has 0 aliphatic carbocycles. The van der Waals surface area contributed by atoms with E-state index in [0.29, 0.717) is 6.04 Å². The molecule has 2 aromatic carbocycles. The SMILES string of the molecule is CN=C(NCC1CN2CCN1CC2)NC(C)c1ccc2ccccc2c1.I. The lowest BCUT2D eigenvalue weighted by atomic mass is 10.0. The van der Waals surface area contributed by atoms with E-state index >= 15 is 0 Å². The Morgan fingerprint density at radius 3 is 2.52 bits per heavy atom. The number of nitrogens with one attached hydrogen (secondary N) is 2. The summed E-state index contributed by atoms with van der Waals surface area (Å²) in [5.74, 6) is 0.878. The Bertz CT molecular complexity index is 785. The van der Waals surface area contributed by atoms with Crippen LogP contribution in [-0.2, 0) is 0 Å². The summed E-state index contributed by atoms with van der Waals surface area (Å²) in [5, 5.41) is 9.63. The molecule has 146 valence electrons. The van der Waals surface area contributed by atoms with Crippen molar-refractivity contribution in [3.63, 3.8) is 0 Å². The molecule has 3 saturated heterocycles. The van der Waals surface area contributed by atoms with Crippen molar-refractivity contribution in [3.8, 4) is 0 Å². The summed E-state index contributed by atoms with van der Waals surface area (Å²) in [5.41, 5.74) is 1.28. The molecule has 5 nitrogen and oxygen atoms in total. The molecular formula is C21H30IN5. The van der Waals surface area contributed by atoms with Crippen LogP contribution >= 0.6 is 24.0 Å². The highest BCUT2D eigenvalue weighted by Gasteiger charge is 2.31. The van der Waals surface area contributed by atoms with E-state index in [1.54, 1.807) is 0 Å². The van der Waals surface area contributed by atoms with E-state index in [0.717, 1.165) is 12.5 Å². The second kappa shape index (κ2) is 9.21. The van der Waals surface area contributed by atoms with Gasteiger partial charge in [0.05, 0.1) is 6.04 Å². The maximum Gasteiger partial charge on any atom is 0.191 e. The summed E-state index contributed by atoms with van der Waals surface area (Å²) in [6.07, 6.45) is 0. The van der Waals surface area contributed by atoms with E-state index in [4.69, 9.17) is 0 Å².